The maximum atomic E-state index is 13.3. The number of non-ortho nitro benzene ring substituents is 1. The van der Waals surface area contributed by atoms with Crippen molar-refractivity contribution >= 4 is 51.2 Å². The van der Waals surface area contributed by atoms with Crippen LogP contribution in [0, 0.1) is 17.0 Å². The minimum atomic E-state index is -1.21. The van der Waals surface area contributed by atoms with Crippen molar-refractivity contribution in [3.63, 3.8) is 0 Å². The summed E-state index contributed by atoms with van der Waals surface area (Å²) >= 11 is 1.97. The molecule has 0 aliphatic carbocycles. The van der Waals surface area contributed by atoms with Crippen LogP contribution >= 0.6 is 22.7 Å². The number of anilines is 1. The van der Waals surface area contributed by atoms with Crippen molar-refractivity contribution in [3.05, 3.63) is 96.9 Å². The molecule has 1 N–H and O–H groups in total. The Morgan fingerprint density at radius 2 is 2.11 bits per heavy atom. The van der Waals surface area contributed by atoms with E-state index in [1.165, 1.54) is 30.3 Å². The summed E-state index contributed by atoms with van der Waals surface area (Å²) in [5, 5.41) is 23.9. The molecule has 1 unspecified atom stereocenters. The van der Waals surface area contributed by atoms with Gasteiger partial charge in [-0.25, -0.2) is 9.78 Å². The molecule has 35 heavy (non-hydrogen) atoms. The number of thiophene rings is 1. The fourth-order valence-corrected chi connectivity index (χ4v) is 5.24. The van der Waals surface area contributed by atoms with Crippen molar-refractivity contribution in [2.75, 3.05) is 11.5 Å². The number of nitro groups is 1. The highest BCUT2D eigenvalue weighted by Gasteiger charge is 2.46. The zero-order valence-corrected chi connectivity index (χ0v) is 19.8. The standard InChI is InChI=1S/C23H17N3O7S2/c1-3-9-33-22(30)20-12(2)24-23(35-20)25-17(13-6-4-7-14(11-13)26(31)32)16(19(28)21(25)29)18(27)15-8-5-10-34-15/h3-8,10-11,17,28H,1,9H2,2H3. The van der Waals surface area contributed by atoms with Crippen LogP contribution in [0.2, 0.25) is 0 Å². The molecular weight excluding hydrogens is 494 g/mol. The Kier molecular flexibility index (Phi) is 6.58. The molecule has 1 aliphatic heterocycles. The lowest BCUT2D eigenvalue weighted by Crippen LogP contribution is -2.31. The highest BCUT2D eigenvalue weighted by Crippen LogP contribution is 2.44. The number of nitro benzene ring substituents is 1. The Morgan fingerprint density at radius 1 is 1.34 bits per heavy atom. The van der Waals surface area contributed by atoms with Crippen molar-refractivity contribution in [2.45, 2.75) is 13.0 Å². The van der Waals surface area contributed by atoms with Gasteiger partial charge in [-0.05, 0) is 23.9 Å². The number of aromatic nitrogens is 1. The average molecular weight is 512 g/mol. The van der Waals surface area contributed by atoms with E-state index in [0.29, 0.717) is 0 Å². The molecule has 1 amide bonds. The molecule has 0 radical (unpaired) electrons. The number of ether oxygens (including phenoxy) is 1. The van der Waals surface area contributed by atoms with Crippen LogP contribution in [0.15, 0.2) is 65.8 Å². The number of benzene rings is 1. The number of thiazole rings is 1. The number of esters is 1. The Labute approximate surface area is 206 Å². The second kappa shape index (κ2) is 9.60. The summed E-state index contributed by atoms with van der Waals surface area (Å²) < 4.78 is 5.07. The van der Waals surface area contributed by atoms with Gasteiger partial charge in [-0.1, -0.05) is 42.2 Å². The minimum Gasteiger partial charge on any atom is -0.503 e. The van der Waals surface area contributed by atoms with E-state index in [1.807, 2.05) is 0 Å². The molecule has 0 saturated carbocycles. The number of carbonyl (C=O) groups is 3. The molecule has 0 saturated heterocycles. The first kappa shape index (κ1) is 24.0. The van der Waals surface area contributed by atoms with Gasteiger partial charge in [-0.3, -0.25) is 24.6 Å². The number of carbonyl (C=O) groups excluding carboxylic acids is 3. The quantitative estimate of drug-likeness (QED) is 0.153. The smallest absolute Gasteiger partial charge is 0.350 e. The molecule has 3 aromatic rings. The SMILES string of the molecule is C=CCOC(=O)c1sc(N2C(=O)C(O)=C(C(=O)c3cccs3)C2c2cccc([N+](=O)[O-])c2)nc1C. The van der Waals surface area contributed by atoms with Crippen molar-refractivity contribution in [2.24, 2.45) is 0 Å². The van der Waals surface area contributed by atoms with Crippen LogP contribution < -0.4 is 4.90 Å². The van der Waals surface area contributed by atoms with Gasteiger partial charge >= 0.3 is 5.97 Å². The third-order valence-corrected chi connectivity index (χ3v) is 7.11. The Morgan fingerprint density at radius 3 is 2.77 bits per heavy atom. The number of hydrogen-bond acceptors (Lipinski definition) is 10. The van der Waals surface area contributed by atoms with Gasteiger partial charge in [-0.2, -0.15) is 0 Å². The van der Waals surface area contributed by atoms with Gasteiger partial charge in [-0.15, -0.1) is 11.3 Å². The zero-order valence-electron chi connectivity index (χ0n) is 18.2. The summed E-state index contributed by atoms with van der Waals surface area (Å²) in [6, 6.07) is 7.42. The van der Waals surface area contributed by atoms with E-state index in [2.05, 4.69) is 11.6 Å². The van der Waals surface area contributed by atoms with E-state index in [-0.39, 0.29) is 44.0 Å². The van der Waals surface area contributed by atoms with E-state index in [9.17, 15) is 29.6 Å². The molecule has 0 fully saturated rings. The summed E-state index contributed by atoms with van der Waals surface area (Å²) in [4.78, 5) is 55.5. The highest BCUT2D eigenvalue weighted by molar-refractivity contribution is 7.17. The second-order valence-electron chi connectivity index (χ2n) is 7.30. The van der Waals surface area contributed by atoms with Gasteiger partial charge < -0.3 is 9.84 Å². The number of ketones is 1. The van der Waals surface area contributed by atoms with Crippen LogP contribution in [0.3, 0.4) is 0 Å². The molecule has 1 aliphatic rings. The Balaban J connectivity index is 1.86. The summed E-state index contributed by atoms with van der Waals surface area (Å²) in [5.74, 6) is -2.97. The van der Waals surface area contributed by atoms with Gasteiger partial charge in [0, 0.05) is 12.1 Å². The number of amides is 1. The van der Waals surface area contributed by atoms with Gasteiger partial charge in [0.15, 0.2) is 10.9 Å². The minimum absolute atomic E-state index is 0.0216. The van der Waals surface area contributed by atoms with E-state index in [0.717, 1.165) is 27.6 Å². The zero-order chi connectivity index (χ0) is 25.3. The number of hydrogen-bond donors (Lipinski definition) is 1. The van der Waals surface area contributed by atoms with Crippen LogP contribution in [0.1, 0.15) is 36.6 Å². The maximum Gasteiger partial charge on any atom is 0.350 e. The summed E-state index contributed by atoms with van der Waals surface area (Å²) in [7, 11) is 0. The van der Waals surface area contributed by atoms with Gasteiger partial charge in [0.2, 0.25) is 5.78 Å². The lowest BCUT2D eigenvalue weighted by atomic mass is 9.95. The molecule has 178 valence electrons. The third kappa shape index (κ3) is 4.36. The van der Waals surface area contributed by atoms with Crippen LogP contribution in [-0.2, 0) is 9.53 Å². The van der Waals surface area contributed by atoms with Crippen molar-refractivity contribution in [1.29, 1.82) is 0 Å². The van der Waals surface area contributed by atoms with Crippen LogP contribution in [0.25, 0.3) is 0 Å². The molecular formula is C23H17N3O7S2. The van der Waals surface area contributed by atoms with Crippen molar-refractivity contribution in [3.8, 4) is 0 Å². The van der Waals surface area contributed by atoms with E-state index >= 15 is 0 Å². The van der Waals surface area contributed by atoms with Crippen LogP contribution in [-0.4, -0.2) is 39.3 Å². The number of aliphatic hydroxyl groups excluding tert-OH is 1. The molecule has 0 bridgehead atoms. The largest absolute Gasteiger partial charge is 0.503 e. The average Bonchev–Trinajstić information content (AvgIpc) is 3.56. The first-order valence-corrected chi connectivity index (χ1v) is 11.8. The molecule has 4 rings (SSSR count). The maximum absolute atomic E-state index is 13.3. The summed E-state index contributed by atoms with van der Waals surface area (Å²) in [6.07, 6.45) is 1.40. The Hall–Kier alpha value is -4.16. The molecule has 0 spiro atoms. The predicted octanol–water partition coefficient (Wildman–Crippen LogP) is 4.55. The first-order chi connectivity index (χ1) is 16.7. The monoisotopic (exact) mass is 511 g/mol. The number of nitrogens with zero attached hydrogens (tertiary/aromatic N) is 3. The molecule has 1 atom stereocenters. The topological polar surface area (TPSA) is 140 Å². The summed E-state index contributed by atoms with van der Waals surface area (Å²) in [6.45, 7) is 5.02. The highest BCUT2D eigenvalue weighted by atomic mass is 32.1. The van der Waals surface area contributed by atoms with Crippen LogP contribution in [0.5, 0.6) is 0 Å². The predicted molar refractivity (Wildman–Crippen MR) is 129 cm³/mol. The summed E-state index contributed by atoms with van der Waals surface area (Å²) in [5.41, 5.74) is 0.0112. The number of Topliss-reactive ketones (excluding diaryl/α,β-unsaturated/α-hetero) is 1. The molecule has 12 heteroatoms. The van der Waals surface area contributed by atoms with Crippen molar-refractivity contribution < 1.29 is 29.2 Å². The second-order valence-corrected chi connectivity index (χ2v) is 9.22. The number of aliphatic hydroxyl groups is 1. The number of rotatable bonds is 8. The lowest BCUT2D eigenvalue weighted by molar-refractivity contribution is -0.384. The number of aryl methyl sites for hydroxylation is 1. The Bertz CT molecular complexity index is 1390. The van der Waals surface area contributed by atoms with Gasteiger partial charge in [0.1, 0.15) is 11.5 Å². The fourth-order valence-electron chi connectivity index (χ4n) is 3.57. The fraction of sp³-hybridized carbons (Fsp3) is 0.130. The molecule has 3 heterocycles. The lowest BCUT2D eigenvalue weighted by Gasteiger charge is -2.24. The van der Waals surface area contributed by atoms with E-state index in [1.54, 1.807) is 24.4 Å². The van der Waals surface area contributed by atoms with Gasteiger partial charge in [0.05, 0.1) is 27.1 Å². The normalized spacial score (nSPS) is 15.4. The molecule has 1 aromatic carbocycles. The molecule has 10 nitrogen and oxygen atoms in total. The third-order valence-electron chi connectivity index (χ3n) is 5.10. The van der Waals surface area contributed by atoms with Crippen molar-refractivity contribution in [1.82, 2.24) is 4.98 Å². The van der Waals surface area contributed by atoms with Crippen LogP contribution in [0.4, 0.5) is 10.8 Å². The first-order valence-electron chi connectivity index (χ1n) is 10.1. The van der Waals surface area contributed by atoms with E-state index < -0.39 is 34.4 Å². The molecule has 2 aromatic heterocycles. The van der Waals surface area contributed by atoms with E-state index in [4.69, 9.17) is 4.74 Å². The van der Waals surface area contributed by atoms with Gasteiger partial charge in [0.25, 0.3) is 11.6 Å².